The van der Waals surface area contributed by atoms with E-state index in [1.54, 1.807) is 0 Å². The molecule has 1 aromatic heterocycles. The summed E-state index contributed by atoms with van der Waals surface area (Å²) in [6, 6.07) is 4.05. The molecule has 2 N–H and O–H groups in total. The first-order chi connectivity index (χ1) is 9.60. The third-order valence-corrected chi connectivity index (χ3v) is 4.31. The number of rotatable bonds is 7. The van der Waals surface area contributed by atoms with Gasteiger partial charge in [0.1, 0.15) is 11.5 Å². The summed E-state index contributed by atoms with van der Waals surface area (Å²) in [6.07, 6.45) is 1.82. The summed E-state index contributed by atoms with van der Waals surface area (Å²) in [5.41, 5.74) is 5.78. The smallest absolute Gasteiger partial charge is 0.227 e. The van der Waals surface area contributed by atoms with Gasteiger partial charge in [0.15, 0.2) is 0 Å². The van der Waals surface area contributed by atoms with Crippen LogP contribution in [0.2, 0.25) is 0 Å². The number of hydrogen-bond donors (Lipinski definition) is 1. The molecule has 0 bridgehead atoms. The molecule has 0 radical (unpaired) electrons. The molecule has 1 heterocycles. The molecule has 1 saturated carbocycles. The van der Waals surface area contributed by atoms with E-state index >= 15 is 0 Å². The van der Waals surface area contributed by atoms with E-state index in [2.05, 4.69) is 13.0 Å². The van der Waals surface area contributed by atoms with Gasteiger partial charge in [-0.25, -0.2) is 0 Å². The lowest BCUT2D eigenvalue weighted by Crippen LogP contribution is -2.39. The fraction of sp³-hybridized carbons (Fsp3) is 0.688. The lowest BCUT2D eigenvalue weighted by molar-refractivity contribution is -0.134. The largest absolute Gasteiger partial charge is 0.466 e. The summed E-state index contributed by atoms with van der Waals surface area (Å²) in [5.74, 6) is 3.23. The van der Waals surface area contributed by atoms with Gasteiger partial charge in [0.25, 0.3) is 0 Å². The van der Waals surface area contributed by atoms with Crippen LogP contribution in [0, 0.1) is 11.8 Å². The fourth-order valence-corrected chi connectivity index (χ4v) is 2.73. The van der Waals surface area contributed by atoms with Crippen molar-refractivity contribution >= 4 is 5.91 Å². The first-order valence-electron chi connectivity index (χ1n) is 7.68. The maximum atomic E-state index is 12.4. The van der Waals surface area contributed by atoms with Crippen molar-refractivity contribution < 1.29 is 9.21 Å². The molecule has 0 aromatic carbocycles. The molecule has 0 spiro atoms. The number of carbonyl (C=O) groups is 1. The van der Waals surface area contributed by atoms with Crippen LogP contribution in [0.1, 0.15) is 44.6 Å². The van der Waals surface area contributed by atoms with Crippen LogP contribution in [-0.2, 0) is 11.2 Å². The van der Waals surface area contributed by atoms with Gasteiger partial charge in [-0.1, -0.05) is 6.92 Å². The summed E-state index contributed by atoms with van der Waals surface area (Å²) >= 11 is 0. The van der Waals surface area contributed by atoms with E-state index in [0.717, 1.165) is 30.5 Å². The van der Waals surface area contributed by atoms with Crippen LogP contribution in [0.3, 0.4) is 0 Å². The first kappa shape index (κ1) is 15.1. The molecule has 2 rings (SSSR count). The molecule has 112 valence electrons. The van der Waals surface area contributed by atoms with Crippen molar-refractivity contribution in [2.75, 3.05) is 19.6 Å². The highest BCUT2D eigenvalue weighted by molar-refractivity contribution is 5.79. The predicted molar refractivity (Wildman–Crippen MR) is 79.4 cm³/mol. The normalized spacial score (nSPS) is 22.6. The average Bonchev–Trinajstić information content (AvgIpc) is 3.00. The number of carbonyl (C=O) groups excluding carboxylic acids is 1. The van der Waals surface area contributed by atoms with Crippen LogP contribution >= 0.6 is 0 Å². The van der Waals surface area contributed by atoms with E-state index in [1.807, 2.05) is 24.8 Å². The van der Waals surface area contributed by atoms with Gasteiger partial charge in [0.05, 0.1) is 5.92 Å². The minimum atomic E-state index is -0.175. The van der Waals surface area contributed by atoms with Gasteiger partial charge in [-0.05, 0) is 38.3 Å². The third kappa shape index (κ3) is 3.23. The number of nitrogens with zero attached hydrogens (tertiary/aromatic N) is 1. The lowest BCUT2D eigenvalue weighted by Gasteiger charge is -2.23. The van der Waals surface area contributed by atoms with Crippen molar-refractivity contribution in [1.29, 1.82) is 0 Å². The Morgan fingerprint density at radius 1 is 1.45 bits per heavy atom. The standard InChI is InChI=1S/C16H26N2O2/c1-4-18(5-2)16(19)12(10-17)9-13-6-7-15(20-13)14-8-11(14)3/h6-7,11-12,14H,4-5,8-10,17H2,1-3H3. The van der Waals surface area contributed by atoms with E-state index < -0.39 is 0 Å². The van der Waals surface area contributed by atoms with Gasteiger partial charge in [-0.15, -0.1) is 0 Å². The second-order valence-corrected chi connectivity index (χ2v) is 5.77. The quantitative estimate of drug-likeness (QED) is 0.833. The molecule has 1 amide bonds. The number of nitrogens with two attached hydrogens (primary N) is 1. The van der Waals surface area contributed by atoms with Crippen molar-refractivity contribution in [2.24, 2.45) is 17.6 Å². The Bertz CT molecular complexity index is 451. The number of furan rings is 1. The predicted octanol–water partition coefficient (Wildman–Crippen LogP) is 2.39. The van der Waals surface area contributed by atoms with Gasteiger partial charge in [-0.2, -0.15) is 0 Å². The Balaban J connectivity index is 1.98. The van der Waals surface area contributed by atoms with Crippen molar-refractivity contribution in [1.82, 2.24) is 4.90 Å². The van der Waals surface area contributed by atoms with Crippen molar-refractivity contribution in [3.63, 3.8) is 0 Å². The first-order valence-corrected chi connectivity index (χ1v) is 7.68. The number of amides is 1. The summed E-state index contributed by atoms with van der Waals surface area (Å²) in [7, 11) is 0. The second kappa shape index (κ2) is 6.44. The van der Waals surface area contributed by atoms with Gasteiger partial charge < -0.3 is 15.1 Å². The lowest BCUT2D eigenvalue weighted by atomic mass is 10.0. The zero-order chi connectivity index (χ0) is 14.7. The van der Waals surface area contributed by atoms with E-state index in [0.29, 0.717) is 18.9 Å². The van der Waals surface area contributed by atoms with Crippen LogP contribution in [0.5, 0.6) is 0 Å². The van der Waals surface area contributed by atoms with E-state index in [-0.39, 0.29) is 11.8 Å². The zero-order valence-electron chi connectivity index (χ0n) is 12.8. The Morgan fingerprint density at radius 3 is 2.60 bits per heavy atom. The molecular formula is C16H26N2O2. The Labute approximate surface area is 121 Å². The van der Waals surface area contributed by atoms with E-state index in [9.17, 15) is 4.79 Å². The van der Waals surface area contributed by atoms with E-state index in [4.69, 9.17) is 10.2 Å². The molecule has 0 saturated heterocycles. The van der Waals surface area contributed by atoms with Crippen LogP contribution < -0.4 is 5.73 Å². The summed E-state index contributed by atoms with van der Waals surface area (Å²) in [6.45, 7) is 8.05. The van der Waals surface area contributed by atoms with Crippen LogP contribution in [0.15, 0.2) is 16.5 Å². The second-order valence-electron chi connectivity index (χ2n) is 5.77. The topological polar surface area (TPSA) is 59.5 Å². The molecule has 1 aliphatic rings. The Morgan fingerprint density at radius 2 is 2.10 bits per heavy atom. The van der Waals surface area contributed by atoms with Crippen molar-refractivity contribution in [3.8, 4) is 0 Å². The molecule has 3 atom stereocenters. The zero-order valence-corrected chi connectivity index (χ0v) is 12.8. The molecule has 4 heteroatoms. The molecule has 0 aliphatic heterocycles. The molecule has 1 aromatic rings. The van der Waals surface area contributed by atoms with Gasteiger partial charge in [0.2, 0.25) is 5.91 Å². The SMILES string of the molecule is CCN(CC)C(=O)C(CN)Cc1ccc(C2CC2C)o1. The Kier molecular flexibility index (Phi) is 4.86. The van der Waals surface area contributed by atoms with Crippen LogP contribution in [0.25, 0.3) is 0 Å². The van der Waals surface area contributed by atoms with Gasteiger partial charge in [-0.3, -0.25) is 4.79 Å². The van der Waals surface area contributed by atoms with Crippen LogP contribution in [0.4, 0.5) is 0 Å². The monoisotopic (exact) mass is 278 g/mol. The van der Waals surface area contributed by atoms with Gasteiger partial charge in [0, 0.05) is 32.0 Å². The highest BCUT2D eigenvalue weighted by Crippen LogP contribution is 2.47. The fourth-order valence-electron chi connectivity index (χ4n) is 2.73. The summed E-state index contributed by atoms with van der Waals surface area (Å²) in [5, 5.41) is 0. The maximum absolute atomic E-state index is 12.4. The molecule has 4 nitrogen and oxygen atoms in total. The average molecular weight is 278 g/mol. The molecular weight excluding hydrogens is 252 g/mol. The molecule has 20 heavy (non-hydrogen) atoms. The minimum Gasteiger partial charge on any atom is -0.466 e. The summed E-state index contributed by atoms with van der Waals surface area (Å²) < 4.78 is 5.88. The highest BCUT2D eigenvalue weighted by Gasteiger charge is 2.36. The van der Waals surface area contributed by atoms with E-state index in [1.165, 1.54) is 6.42 Å². The van der Waals surface area contributed by atoms with Crippen molar-refractivity contribution in [3.05, 3.63) is 23.7 Å². The molecule has 1 aliphatic carbocycles. The molecule has 1 fully saturated rings. The minimum absolute atomic E-state index is 0.134. The summed E-state index contributed by atoms with van der Waals surface area (Å²) in [4.78, 5) is 14.2. The Hall–Kier alpha value is -1.29. The van der Waals surface area contributed by atoms with Gasteiger partial charge >= 0.3 is 0 Å². The van der Waals surface area contributed by atoms with Crippen LogP contribution in [-0.4, -0.2) is 30.4 Å². The third-order valence-electron chi connectivity index (χ3n) is 4.31. The molecule has 3 unspecified atom stereocenters. The maximum Gasteiger partial charge on any atom is 0.227 e. The highest BCUT2D eigenvalue weighted by atomic mass is 16.3. The number of hydrogen-bond acceptors (Lipinski definition) is 3. The van der Waals surface area contributed by atoms with Crippen molar-refractivity contribution in [2.45, 2.75) is 39.5 Å².